The van der Waals surface area contributed by atoms with Gasteiger partial charge < -0.3 is 14.9 Å². The number of carbonyl (C=O) groups is 2. The molecule has 0 bridgehead atoms. The van der Waals surface area contributed by atoms with E-state index in [0.29, 0.717) is 22.5 Å². The van der Waals surface area contributed by atoms with Crippen molar-refractivity contribution in [2.24, 2.45) is 5.92 Å². The highest BCUT2D eigenvalue weighted by molar-refractivity contribution is 6.04. The van der Waals surface area contributed by atoms with Crippen LogP contribution in [-0.2, 0) is 9.59 Å². The summed E-state index contributed by atoms with van der Waals surface area (Å²) in [6.07, 6.45) is 1.39. The molecule has 2 heterocycles. The number of hydrogen-bond donors (Lipinski definition) is 2. The highest BCUT2D eigenvalue weighted by Gasteiger charge is 2.20. The molecule has 7 nitrogen and oxygen atoms in total. The van der Waals surface area contributed by atoms with Gasteiger partial charge in [-0.3, -0.25) is 9.59 Å². The molecule has 0 radical (unpaired) electrons. The minimum absolute atomic E-state index is 0.372. The first kappa shape index (κ1) is 12.0. The number of carbonyl (C=O) groups excluding carboxylic acids is 1. The van der Waals surface area contributed by atoms with Crippen molar-refractivity contribution in [3.63, 3.8) is 0 Å². The zero-order chi connectivity index (χ0) is 13.3. The first-order chi connectivity index (χ1) is 8.49. The summed E-state index contributed by atoms with van der Waals surface area (Å²) in [5.41, 5.74) is 1.43. The number of nitrogens with one attached hydrogen (secondary N) is 1. The number of aryl methyl sites for hydroxylation is 1. The number of fused-ring (bicyclic) bond motifs is 1. The second-order valence-corrected chi connectivity index (χ2v) is 3.89. The molecular weight excluding hydrogens is 238 g/mol. The lowest BCUT2D eigenvalue weighted by Crippen LogP contribution is -2.26. The predicted molar refractivity (Wildman–Crippen MR) is 62.0 cm³/mol. The van der Waals surface area contributed by atoms with Gasteiger partial charge in [0.1, 0.15) is 5.92 Å². The van der Waals surface area contributed by atoms with Gasteiger partial charge in [-0.1, -0.05) is 5.16 Å². The lowest BCUT2D eigenvalue weighted by atomic mass is 10.1. The van der Waals surface area contributed by atoms with Crippen LogP contribution < -0.4 is 5.32 Å². The summed E-state index contributed by atoms with van der Waals surface area (Å²) in [7, 11) is 0. The quantitative estimate of drug-likeness (QED) is 0.791. The van der Waals surface area contributed by atoms with E-state index in [-0.39, 0.29) is 0 Å². The molecular formula is C11H11N3O4. The number of nitrogens with zero attached hydrogens (tertiary/aromatic N) is 2. The average molecular weight is 249 g/mol. The van der Waals surface area contributed by atoms with Crippen molar-refractivity contribution in [2.75, 3.05) is 5.32 Å². The fraction of sp³-hybridized carbons (Fsp3) is 0.273. The van der Waals surface area contributed by atoms with Crippen LogP contribution in [0.15, 0.2) is 16.8 Å². The van der Waals surface area contributed by atoms with Crippen LogP contribution in [0, 0.1) is 12.8 Å². The van der Waals surface area contributed by atoms with Crippen LogP contribution in [0.4, 0.5) is 5.69 Å². The van der Waals surface area contributed by atoms with Crippen LogP contribution in [0.5, 0.6) is 0 Å². The van der Waals surface area contributed by atoms with Crippen LogP contribution in [0.25, 0.3) is 11.1 Å². The number of hydrogen-bond acceptors (Lipinski definition) is 5. The first-order valence-electron chi connectivity index (χ1n) is 5.24. The summed E-state index contributed by atoms with van der Waals surface area (Å²) in [4.78, 5) is 26.2. The molecule has 0 saturated carbocycles. The zero-order valence-corrected chi connectivity index (χ0v) is 9.80. The monoisotopic (exact) mass is 249 g/mol. The number of carboxylic acids is 1. The standard InChI is InChI=1S/C11H11N3O4/c1-5(11(16)17)9(15)13-7-3-8-6(2)14-18-10(8)12-4-7/h3-5H,1-2H3,(H,13,15)(H,16,17). The third-order valence-corrected chi connectivity index (χ3v) is 2.54. The van der Waals surface area contributed by atoms with Crippen LogP contribution in [0.1, 0.15) is 12.6 Å². The minimum Gasteiger partial charge on any atom is -0.481 e. The van der Waals surface area contributed by atoms with Crippen LogP contribution in [0.2, 0.25) is 0 Å². The van der Waals surface area contributed by atoms with Crippen molar-refractivity contribution in [2.45, 2.75) is 13.8 Å². The van der Waals surface area contributed by atoms with E-state index in [9.17, 15) is 9.59 Å². The molecule has 0 fully saturated rings. The van der Waals surface area contributed by atoms with E-state index in [4.69, 9.17) is 9.63 Å². The van der Waals surface area contributed by atoms with Gasteiger partial charge >= 0.3 is 5.97 Å². The van der Waals surface area contributed by atoms with Crippen molar-refractivity contribution in [3.05, 3.63) is 18.0 Å². The van der Waals surface area contributed by atoms with E-state index < -0.39 is 17.8 Å². The summed E-state index contributed by atoms with van der Waals surface area (Å²) < 4.78 is 4.93. The first-order valence-corrected chi connectivity index (χ1v) is 5.24. The van der Waals surface area contributed by atoms with Gasteiger partial charge in [0, 0.05) is 0 Å². The van der Waals surface area contributed by atoms with Crippen molar-refractivity contribution in [1.82, 2.24) is 10.1 Å². The molecule has 0 aliphatic rings. The SMILES string of the molecule is Cc1noc2ncc(NC(=O)C(C)C(=O)O)cc12. The third-order valence-electron chi connectivity index (χ3n) is 2.54. The molecule has 0 aliphatic heterocycles. The molecule has 0 spiro atoms. The minimum atomic E-state index is -1.18. The number of aliphatic carboxylic acids is 1. The van der Waals surface area contributed by atoms with Crippen LogP contribution in [0.3, 0.4) is 0 Å². The molecule has 0 saturated heterocycles. The van der Waals surface area contributed by atoms with Crippen molar-refractivity contribution >= 4 is 28.7 Å². The Balaban J connectivity index is 2.24. The fourth-order valence-electron chi connectivity index (χ4n) is 1.38. The molecule has 1 unspecified atom stereocenters. The second-order valence-electron chi connectivity index (χ2n) is 3.89. The number of anilines is 1. The van der Waals surface area contributed by atoms with E-state index in [2.05, 4.69) is 15.5 Å². The molecule has 1 amide bonds. The van der Waals surface area contributed by atoms with Gasteiger partial charge in [-0.05, 0) is 19.9 Å². The summed E-state index contributed by atoms with van der Waals surface area (Å²) in [6, 6.07) is 1.64. The molecule has 94 valence electrons. The average Bonchev–Trinajstić information content (AvgIpc) is 2.70. The van der Waals surface area contributed by atoms with Gasteiger partial charge in [0.25, 0.3) is 5.71 Å². The second kappa shape index (κ2) is 4.44. The molecule has 2 rings (SSSR count). The Kier molecular flexibility index (Phi) is 2.97. The van der Waals surface area contributed by atoms with Gasteiger partial charge in [0.2, 0.25) is 5.91 Å². The highest BCUT2D eigenvalue weighted by atomic mass is 16.5. The number of aromatic nitrogens is 2. The molecule has 2 aromatic rings. The predicted octanol–water partition coefficient (Wildman–Crippen LogP) is 1.19. The zero-order valence-electron chi connectivity index (χ0n) is 9.80. The van der Waals surface area contributed by atoms with E-state index in [1.165, 1.54) is 13.1 Å². The van der Waals surface area contributed by atoms with Crippen molar-refractivity contribution in [1.29, 1.82) is 0 Å². The van der Waals surface area contributed by atoms with E-state index in [1.54, 1.807) is 13.0 Å². The van der Waals surface area contributed by atoms with Gasteiger partial charge in [-0.2, -0.15) is 0 Å². The Bertz CT molecular complexity index is 620. The number of pyridine rings is 1. The Hall–Kier alpha value is -2.44. The Morgan fingerprint density at radius 1 is 1.50 bits per heavy atom. The van der Waals surface area contributed by atoms with Gasteiger partial charge in [0.15, 0.2) is 0 Å². The lowest BCUT2D eigenvalue weighted by Gasteiger charge is -2.07. The molecule has 1 atom stereocenters. The van der Waals surface area contributed by atoms with Crippen molar-refractivity contribution < 1.29 is 19.2 Å². The molecule has 0 aliphatic carbocycles. The largest absolute Gasteiger partial charge is 0.481 e. The van der Waals surface area contributed by atoms with E-state index in [1.807, 2.05) is 0 Å². The topological polar surface area (TPSA) is 105 Å². The molecule has 2 aromatic heterocycles. The molecule has 0 aromatic carbocycles. The molecule has 2 N–H and O–H groups in total. The van der Waals surface area contributed by atoms with Crippen LogP contribution in [-0.4, -0.2) is 27.1 Å². The number of rotatable bonds is 3. The Labute approximate surface area is 102 Å². The maximum atomic E-state index is 11.6. The Morgan fingerprint density at radius 2 is 2.22 bits per heavy atom. The summed E-state index contributed by atoms with van der Waals surface area (Å²) >= 11 is 0. The fourth-order valence-corrected chi connectivity index (χ4v) is 1.38. The van der Waals surface area contributed by atoms with Crippen molar-refractivity contribution in [3.8, 4) is 0 Å². The van der Waals surface area contributed by atoms with E-state index >= 15 is 0 Å². The van der Waals surface area contributed by atoms with Crippen LogP contribution >= 0.6 is 0 Å². The number of carboxylic acid groups (broad SMARTS) is 1. The highest BCUT2D eigenvalue weighted by Crippen LogP contribution is 2.19. The van der Waals surface area contributed by atoms with Gasteiger partial charge in [-0.25, -0.2) is 4.98 Å². The smallest absolute Gasteiger partial charge is 0.315 e. The third kappa shape index (κ3) is 2.15. The Morgan fingerprint density at radius 3 is 2.89 bits per heavy atom. The lowest BCUT2D eigenvalue weighted by molar-refractivity contribution is -0.144. The summed E-state index contributed by atoms with van der Waals surface area (Å²) in [5.74, 6) is -2.90. The van der Waals surface area contributed by atoms with Gasteiger partial charge in [0.05, 0.1) is 23.0 Å². The maximum absolute atomic E-state index is 11.6. The maximum Gasteiger partial charge on any atom is 0.315 e. The van der Waals surface area contributed by atoms with E-state index in [0.717, 1.165) is 0 Å². The summed E-state index contributed by atoms with van der Waals surface area (Å²) in [6.45, 7) is 3.06. The normalized spacial score (nSPS) is 12.3. The molecule has 7 heteroatoms. The summed E-state index contributed by atoms with van der Waals surface area (Å²) in [5, 5.41) is 15.6. The van der Waals surface area contributed by atoms with Gasteiger partial charge in [-0.15, -0.1) is 0 Å². The number of amides is 1. The molecule has 18 heavy (non-hydrogen) atoms.